The molecule has 0 radical (unpaired) electrons. The Labute approximate surface area is 172 Å². The van der Waals surface area contributed by atoms with Crippen LogP contribution < -0.4 is 5.56 Å². The van der Waals surface area contributed by atoms with Crippen LogP contribution in [-0.2, 0) is 19.4 Å². The molecule has 0 amide bonds. The molecule has 150 valence electrons. The summed E-state index contributed by atoms with van der Waals surface area (Å²) in [7, 11) is 0. The van der Waals surface area contributed by atoms with Crippen LogP contribution in [0.3, 0.4) is 0 Å². The van der Waals surface area contributed by atoms with Crippen molar-refractivity contribution in [2.24, 2.45) is 0 Å². The number of aromatic nitrogens is 4. The number of aryl methyl sites for hydroxylation is 3. The van der Waals surface area contributed by atoms with Gasteiger partial charge in [-0.1, -0.05) is 37.9 Å². The zero-order chi connectivity index (χ0) is 19.7. The first-order valence-electron chi connectivity index (χ1n) is 10.1. The van der Waals surface area contributed by atoms with Crippen molar-refractivity contribution in [1.29, 1.82) is 0 Å². The maximum absolute atomic E-state index is 13.4. The zero-order valence-corrected chi connectivity index (χ0v) is 18.3. The molecule has 3 aromatic heterocycles. The molecule has 1 unspecified atom stereocenters. The van der Waals surface area contributed by atoms with Crippen molar-refractivity contribution >= 4 is 33.3 Å². The van der Waals surface area contributed by atoms with E-state index in [-0.39, 0.29) is 10.8 Å². The van der Waals surface area contributed by atoms with Gasteiger partial charge in [0.05, 0.1) is 10.6 Å². The SMILES string of the molecule is CCCCCCn1c(SC(C)c2nnc(C)o2)nc2sc3c(c2c1=O)CCC3. The second-order valence-electron chi connectivity index (χ2n) is 7.37. The molecule has 3 heterocycles. The van der Waals surface area contributed by atoms with Gasteiger partial charge in [-0.3, -0.25) is 9.36 Å². The number of rotatable bonds is 8. The molecule has 1 aliphatic rings. The molecule has 4 rings (SSSR count). The van der Waals surface area contributed by atoms with Crippen LogP contribution in [0.5, 0.6) is 0 Å². The van der Waals surface area contributed by atoms with Crippen LogP contribution in [0.25, 0.3) is 10.2 Å². The maximum Gasteiger partial charge on any atom is 0.263 e. The fourth-order valence-corrected chi connectivity index (χ4v) is 5.99. The molecule has 0 saturated carbocycles. The van der Waals surface area contributed by atoms with Gasteiger partial charge in [0.2, 0.25) is 11.8 Å². The van der Waals surface area contributed by atoms with E-state index < -0.39 is 0 Å². The van der Waals surface area contributed by atoms with E-state index in [1.54, 1.807) is 18.3 Å². The summed E-state index contributed by atoms with van der Waals surface area (Å²) in [5.41, 5.74) is 1.37. The third kappa shape index (κ3) is 3.76. The highest BCUT2D eigenvalue weighted by atomic mass is 32.2. The largest absolute Gasteiger partial charge is 0.424 e. The summed E-state index contributed by atoms with van der Waals surface area (Å²) in [4.78, 5) is 20.6. The summed E-state index contributed by atoms with van der Waals surface area (Å²) in [6, 6.07) is 0. The Morgan fingerprint density at radius 1 is 1.25 bits per heavy atom. The van der Waals surface area contributed by atoms with E-state index in [1.165, 1.54) is 35.0 Å². The summed E-state index contributed by atoms with van der Waals surface area (Å²) in [6.07, 6.45) is 7.73. The van der Waals surface area contributed by atoms with Gasteiger partial charge in [-0.25, -0.2) is 4.98 Å². The minimum atomic E-state index is -0.0562. The standard InChI is InChI=1S/C20H26N4O2S2/c1-4-5-6-7-11-24-19(25)16-14-9-8-10-15(14)28-18(16)21-20(24)27-12(2)17-23-22-13(3)26-17/h12H,4-11H2,1-3H3. The highest BCUT2D eigenvalue weighted by molar-refractivity contribution is 7.99. The second kappa shape index (κ2) is 8.37. The lowest BCUT2D eigenvalue weighted by atomic mass is 10.2. The van der Waals surface area contributed by atoms with Crippen molar-refractivity contribution in [3.05, 3.63) is 32.6 Å². The Hall–Kier alpha value is -1.67. The van der Waals surface area contributed by atoms with Crippen LogP contribution in [-0.4, -0.2) is 19.7 Å². The molecular weight excluding hydrogens is 392 g/mol. The van der Waals surface area contributed by atoms with Crippen LogP contribution in [0.1, 0.15) is 73.4 Å². The first kappa shape index (κ1) is 19.6. The number of hydrogen-bond acceptors (Lipinski definition) is 7. The van der Waals surface area contributed by atoms with E-state index in [1.807, 2.05) is 11.5 Å². The number of thioether (sulfide) groups is 1. The monoisotopic (exact) mass is 418 g/mol. The van der Waals surface area contributed by atoms with Gasteiger partial charge in [-0.05, 0) is 38.2 Å². The van der Waals surface area contributed by atoms with Crippen LogP contribution in [0.15, 0.2) is 14.4 Å². The van der Waals surface area contributed by atoms with Gasteiger partial charge in [0.15, 0.2) is 5.16 Å². The summed E-state index contributed by atoms with van der Waals surface area (Å²) < 4.78 is 7.46. The summed E-state index contributed by atoms with van der Waals surface area (Å²) in [5.74, 6) is 1.13. The van der Waals surface area contributed by atoms with Crippen molar-refractivity contribution in [3.8, 4) is 0 Å². The zero-order valence-electron chi connectivity index (χ0n) is 16.7. The number of hydrogen-bond donors (Lipinski definition) is 0. The van der Waals surface area contributed by atoms with Gasteiger partial charge in [-0.2, -0.15) is 0 Å². The molecule has 0 fully saturated rings. The average molecular weight is 419 g/mol. The number of unbranched alkanes of at least 4 members (excludes halogenated alkanes) is 3. The van der Waals surface area contributed by atoms with E-state index >= 15 is 0 Å². The molecule has 1 aliphatic carbocycles. The van der Waals surface area contributed by atoms with Crippen LogP contribution in [0, 0.1) is 6.92 Å². The first-order chi connectivity index (χ1) is 13.6. The summed E-state index contributed by atoms with van der Waals surface area (Å²) in [6.45, 7) is 6.72. The molecule has 0 aliphatic heterocycles. The van der Waals surface area contributed by atoms with Crippen molar-refractivity contribution in [1.82, 2.24) is 19.7 Å². The Kier molecular flexibility index (Phi) is 5.87. The van der Waals surface area contributed by atoms with Gasteiger partial charge in [-0.15, -0.1) is 21.5 Å². The first-order valence-corrected chi connectivity index (χ1v) is 11.8. The lowest BCUT2D eigenvalue weighted by Crippen LogP contribution is -2.23. The maximum atomic E-state index is 13.4. The minimum Gasteiger partial charge on any atom is -0.424 e. The Morgan fingerprint density at radius 3 is 2.86 bits per heavy atom. The average Bonchev–Trinajstić information content (AvgIpc) is 3.36. The molecule has 0 N–H and O–H groups in total. The smallest absolute Gasteiger partial charge is 0.263 e. The fourth-order valence-electron chi connectivity index (χ4n) is 3.73. The molecule has 0 saturated heterocycles. The number of nitrogens with zero attached hydrogens (tertiary/aromatic N) is 4. The Balaban J connectivity index is 1.71. The molecule has 3 aromatic rings. The Bertz CT molecular complexity index is 1040. The summed E-state index contributed by atoms with van der Waals surface area (Å²) >= 11 is 3.23. The van der Waals surface area contributed by atoms with Crippen molar-refractivity contribution in [2.75, 3.05) is 0 Å². The quantitative estimate of drug-likeness (QED) is 0.289. The van der Waals surface area contributed by atoms with Gasteiger partial charge < -0.3 is 4.42 Å². The van der Waals surface area contributed by atoms with Gasteiger partial charge in [0.25, 0.3) is 5.56 Å². The van der Waals surface area contributed by atoms with Gasteiger partial charge in [0.1, 0.15) is 4.83 Å². The highest BCUT2D eigenvalue weighted by Gasteiger charge is 2.25. The van der Waals surface area contributed by atoms with Crippen LogP contribution >= 0.6 is 23.1 Å². The molecule has 6 nitrogen and oxygen atoms in total. The second-order valence-corrected chi connectivity index (χ2v) is 9.76. The van der Waals surface area contributed by atoms with E-state index in [2.05, 4.69) is 17.1 Å². The van der Waals surface area contributed by atoms with E-state index in [9.17, 15) is 4.79 Å². The number of fused-ring (bicyclic) bond motifs is 3. The van der Waals surface area contributed by atoms with Gasteiger partial charge >= 0.3 is 0 Å². The molecule has 1 atom stereocenters. The van der Waals surface area contributed by atoms with Crippen molar-refractivity contribution < 1.29 is 4.42 Å². The van der Waals surface area contributed by atoms with E-state index in [0.717, 1.165) is 47.5 Å². The predicted octanol–water partition coefficient (Wildman–Crippen LogP) is 5.07. The lowest BCUT2D eigenvalue weighted by molar-refractivity contribution is 0.469. The third-order valence-electron chi connectivity index (χ3n) is 5.20. The van der Waals surface area contributed by atoms with E-state index in [0.29, 0.717) is 18.3 Å². The summed E-state index contributed by atoms with van der Waals surface area (Å²) in [5, 5.41) is 9.62. The van der Waals surface area contributed by atoms with Gasteiger partial charge in [0, 0.05) is 18.3 Å². The topological polar surface area (TPSA) is 73.8 Å². The molecule has 0 bridgehead atoms. The normalized spacial score (nSPS) is 14.7. The Morgan fingerprint density at radius 2 is 2.11 bits per heavy atom. The fraction of sp³-hybridized carbons (Fsp3) is 0.600. The van der Waals surface area contributed by atoms with Crippen molar-refractivity contribution in [2.45, 2.75) is 82.7 Å². The molecule has 8 heteroatoms. The molecule has 28 heavy (non-hydrogen) atoms. The van der Waals surface area contributed by atoms with Crippen LogP contribution in [0.4, 0.5) is 0 Å². The molecular formula is C20H26N4O2S2. The van der Waals surface area contributed by atoms with Crippen LogP contribution in [0.2, 0.25) is 0 Å². The van der Waals surface area contributed by atoms with E-state index in [4.69, 9.17) is 9.40 Å². The molecule has 0 spiro atoms. The lowest BCUT2D eigenvalue weighted by Gasteiger charge is -2.14. The molecule has 0 aromatic carbocycles. The highest BCUT2D eigenvalue weighted by Crippen LogP contribution is 2.38. The number of thiophene rings is 1. The van der Waals surface area contributed by atoms with Crippen molar-refractivity contribution in [3.63, 3.8) is 0 Å². The predicted molar refractivity (Wildman–Crippen MR) is 113 cm³/mol. The third-order valence-corrected chi connectivity index (χ3v) is 7.46. The minimum absolute atomic E-state index is 0.0562.